The third-order valence-electron chi connectivity index (χ3n) is 3.20. The van der Waals surface area contributed by atoms with Gasteiger partial charge < -0.3 is 9.72 Å². The van der Waals surface area contributed by atoms with Crippen molar-refractivity contribution in [3.8, 4) is 5.75 Å². The number of hydrogen-bond donors (Lipinski definition) is 1. The fourth-order valence-corrected chi connectivity index (χ4v) is 2.92. The van der Waals surface area contributed by atoms with Crippen LogP contribution in [-0.4, -0.2) is 28.6 Å². The molecule has 3 aromatic rings. The second kappa shape index (κ2) is 7.13. The molecule has 0 aliphatic heterocycles. The van der Waals surface area contributed by atoms with Gasteiger partial charge in [-0.1, -0.05) is 36.0 Å². The van der Waals surface area contributed by atoms with Crippen molar-refractivity contribution in [2.75, 3.05) is 12.4 Å². The van der Waals surface area contributed by atoms with Crippen LogP contribution in [0.1, 0.15) is 16.8 Å². The molecule has 0 unspecified atom stereocenters. The summed E-state index contributed by atoms with van der Waals surface area (Å²) in [5, 5.41) is 0.925. The van der Waals surface area contributed by atoms with Crippen LogP contribution in [0.25, 0.3) is 11.0 Å². The molecule has 0 aliphatic rings. The number of imidazole rings is 1. The van der Waals surface area contributed by atoms with Crippen LogP contribution in [0, 0.1) is 0 Å². The van der Waals surface area contributed by atoms with Crippen LogP contribution in [0.5, 0.6) is 5.75 Å². The minimum atomic E-state index is 0.581. The number of aromatic amines is 1. The Bertz CT molecular complexity index is 737. The van der Waals surface area contributed by atoms with Crippen molar-refractivity contribution < 1.29 is 9.53 Å². The molecule has 2 aromatic carbocycles. The number of nitrogens with one attached hydrogen (secondary N) is 1. The lowest BCUT2D eigenvalue weighted by Crippen LogP contribution is -2.01. The van der Waals surface area contributed by atoms with E-state index in [0.29, 0.717) is 17.9 Å². The van der Waals surface area contributed by atoms with Crippen LogP contribution in [-0.2, 0) is 0 Å². The number of benzene rings is 2. The van der Waals surface area contributed by atoms with E-state index in [1.165, 1.54) is 0 Å². The first-order valence-electron chi connectivity index (χ1n) is 7.11. The molecule has 0 radical (unpaired) electrons. The van der Waals surface area contributed by atoms with Gasteiger partial charge in [-0.2, -0.15) is 0 Å². The van der Waals surface area contributed by atoms with E-state index in [4.69, 9.17) is 4.74 Å². The van der Waals surface area contributed by atoms with E-state index in [0.717, 1.165) is 34.6 Å². The van der Waals surface area contributed by atoms with Gasteiger partial charge in [-0.3, -0.25) is 4.79 Å². The highest BCUT2D eigenvalue weighted by molar-refractivity contribution is 7.99. The summed E-state index contributed by atoms with van der Waals surface area (Å²) in [7, 11) is 0. The molecule has 1 heterocycles. The van der Waals surface area contributed by atoms with Gasteiger partial charge in [0.25, 0.3) is 0 Å². The number of ether oxygens (including phenoxy) is 1. The molecule has 0 amide bonds. The number of carbonyl (C=O) groups is 1. The van der Waals surface area contributed by atoms with Gasteiger partial charge in [0.05, 0.1) is 23.2 Å². The van der Waals surface area contributed by atoms with Crippen LogP contribution < -0.4 is 4.74 Å². The number of para-hydroxylation sites is 3. The maximum absolute atomic E-state index is 10.9. The van der Waals surface area contributed by atoms with Crippen LogP contribution in [0.4, 0.5) is 0 Å². The van der Waals surface area contributed by atoms with Gasteiger partial charge in [0.2, 0.25) is 0 Å². The molecule has 0 spiro atoms. The molecule has 1 N–H and O–H groups in total. The first-order valence-corrected chi connectivity index (χ1v) is 8.10. The van der Waals surface area contributed by atoms with E-state index in [1.54, 1.807) is 17.8 Å². The number of hydrogen-bond acceptors (Lipinski definition) is 4. The number of fused-ring (bicyclic) bond motifs is 1. The number of nitrogens with zero attached hydrogens (tertiary/aromatic N) is 1. The van der Waals surface area contributed by atoms with E-state index < -0.39 is 0 Å². The molecule has 4 nitrogen and oxygen atoms in total. The van der Waals surface area contributed by atoms with Gasteiger partial charge in [0.15, 0.2) is 11.4 Å². The average Bonchev–Trinajstić information content (AvgIpc) is 2.97. The number of H-pyrrole nitrogens is 1. The molecule has 0 bridgehead atoms. The topological polar surface area (TPSA) is 55.0 Å². The normalized spacial score (nSPS) is 10.7. The van der Waals surface area contributed by atoms with Crippen LogP contribution in [0.2, 0.25) is 0 Å². The summed E-state index contributed by atoms with van der Waals surface area (Å²) < 4.78 is 5.65. The maximum atomic E-state index is 10.9. The lowest BCUT2D eigenvalue weighted by Gasteiger charge is -2.07. The second-order valence-corrected chi connectivity index (χ2v) is 5.85. The van der Waals surface area contributed by atoms with Crippen molar-refractivity contribution in [2.24, 2.45) is 0 Å². The third kappa shape index (κ3) is 3.49. The van der Waals surface area contributed by atoms with Gasteiger partial charge >= 0.3 is 0 Å². The smallest absolute Gasteiger partial charge is 0.166 e. The fraction of sp³-hybridized carbons (Fsp3) is 0.176. The molecule has 0 fully saturated rings. The van der Waals surface area contributed by atoms with E-state index in [1.807, 2.05) is 42.5 Å². The Hall–Kier alpha value is -2.27. The number of aromatic nitrogens is 2. The highest BCUT2D eigenvalue weighted by Crippen LogP contribution is 2.20. The monoisotopic (exact) mass is 312 g/mol. The predicted molar refractivity (Wildman–Crippen MR) is 88.8 cm³/mol. The molecule has 1 aromatic heterocycles. The zero-order chi connectivity index (χ0) is 15.2. The molecular formula is C17H16N2O2S. The molecule has 22 heavy (non-hydrogen) atoms. The third-order valence-corrected chi connectivity index (χ3v) is 4.16. The van der Waals surface area contributed by atoms with Gasteiger partial charge in [0.1, 0.15) is 5.75 Å². The Morgan fingerprint density at radius 1 is 1.14 bits per heavy atom. The first-order chi connectivity index (χ1) is 10.9. The summed E-state index contributed by atoms with van der Waals surface area (Å²) in [5.41, 5.74) is 2.63. The second-order valence-electron chi connectivity index (χ2n) is 4.77. The molecule has 0 saturated carbocycles. The van der Waals surface area contributed by atoms with Crippen molar-refractivity contribution in [1.29, 1.82) is 0 Å². The minimum absolute atomic E-state index is 0.581. The number of aldehydes is 1. The maximum Gasteiger partial charge on any atom is 0.166 e. The number of carbonyl (C=O) groups excluding carboxylic acids is 1. The number of thioether (sulfide) groups is 1. The lowest BCUT2D eigenvalue weighted by atomic mass is 10.2. The molecule has 3 rings (SSSR count). The average molecular weight is 312 g/mol. The van der Waals surface area contributed by atoms with Gasteiger partial charge in [-0.15, -0.1) is 0 Å². The van der Waals surface area contributed by atoms with Crippen molar-refractivity contribution in [3.63, 3.8) is 0 Å². The molecule has 0 aliphatic carbocycles. The molecule has 5 heteroatoms. The zero-order valence-corrected chi connectivity index (χ0v) is 12.8. The highest BCUT2D eigenvalue weighted by Gasteiger charge is 2.03. The van der Waals surface area contributed by atoms with Crippen molar-refractivity contribution in [2.45, 2.75) is 11.6 Å². The number of rotatable bonds is 7. The van der Waals surface area contributed by atoms with Gasteiger partial charge in [0, 0.05) is 5.75 Å². The lowest BCUT2D eigenvalue weighted by molar-refractivity contribution is 0.111. The van der Waals surface area contributed by atoms with E-state index >= 15 is 0 Å². The summed E-state index contributed by atoms with van der Waals surface area (Å²) >= 11 is 1.68. The molecule has 0 saturated heterocycles. The van der Waals surface area contributed by atoms with E-state index in [9.17, 15) is 4.79 Å². The van der Waals surface area contributed by atoms with Gasteiger partial charge in [-0.25, -0.2) is 4.98 Å². The Kier molecular flexibility index (Phi) is 4.75. The van der Waals surface area contributed by atoms with Crippen LogP contribution in [0.15, 0.2) is 53.7 Å². The summed E-state index contributed by atoms with van der Waals surface area (Å²) in [6.07, 6.45) is 1.70. The van der Waals surface area contributed by atoms with Crippen LogP contribution >= 0.6 is 11.8 Å². The minimum Gasteiger partial charge on any atom is -0.493 e. The SMILES string of the molecule is O=Cc1ccccc1OCCCSc1nc2ccccc2[nH]1. The van der Waals surface area contributed by atoms with Gasteiger partial charge in [-0.05, 0) is 30.7 Å². The first kappa shape index (κ1) is 14.7. The Labute approximate surface area is 132 Å². The summed E-state index contributed by atoms with van der Waals surface area (Å²) in [5.74, 6) is 1.55. The Morgan fingerprint density at radius 3 is 2.82 bits per heavy atom. The fourth-order valence-electron chi connectivity index (χ4n) is 2.12. The molecular weight excluding hydrogens is 296 g/mol. The quantitative estimate of drug-likeness (QED) is 0.408. The Balaban J connectivity index is 1.46. The zero-order valence-electron chi connectivity index (χ0n) is 12.0. The molecule has 0 atom stereocenters. The van der Waals surface area contributed by atoms with E-state index in [2.05, 4.69) is 9.97 Å². The standard InChI is InChI=1S/C17H16N2O2S/c20-12-13-6-1-4-9-16(13)21-10-5-11-22-17-18-14-7-2-3-8-15(14)19-17/h1-4,6-9,12H,5,10-11H2,(H,18,19). The van der Waals surface area contributed by atoms with Crippen molar-refractivity contribution >= 4 is 29.1 Å². The summed E-state index contributed by atoms with van der Waals surface area (Å²) in [6.45, 7) is 0.581. The predicted octanol–water partition coefficient (Wildman–Crippen LogP) is 3.94. The largest absolute Gasteiger partial charge is 0.493 e. The van der Waals surface area contributed by atoms with Crippen molar-refractivity contribution in [3.05, 3.63) is 54.1 Å². The van der Waals surface area contributed by atoms with E-state index in [-0.39, 0.29) is 0 Å². The highest BCUT2D eigenvalue weighted by atomic mass is 32.2. The summed E-state index contributed by atoms with van der Waals surface area (Å²) in [6, 6.07) is 15.3. The Morgan fingerprint density at radius 2 is 1.95 bits per heavy atom. The van der Waals surface area contributed by atoms with Crippen molar-refractivity contribution in [1.82, 2.24) is 9.97 Å². The van der Waals surface area contributed by atoms with Crippen LogP contribution in [0.3, 0.4) is 0 Å². The summed E-state index contributed by atoms with van der Waals surface area (Å²) in [4.78, 5) is 18.7. The molecule has 112 valence electrons.